The monoisotopic (exact) mass is 237 g/mol. The molecule has 2 atom stereocenters. The summed E-state index contributed by atoms with van der Waals surface area (Å²) in [7, 11) is 0. The number of rotatable bonds is 6. The molecule has 3 aliphatic heterocycles. The van der Waals surface area contributed by atoms with E-state index in [4.69, 9.17) is 0 Å². The molecule has 3 rings (SSSR count). The summed E-state index contributed by atoms with van der Waals surface area (Å²) in [6, 6.07) is 1.29. The minimum atomic E-state index is 0.593. The van der Waals surface area contributed by atoms with E-state index in [1.807, 2.05) is 0 Å². The summed E-state index contributed by atoms with van der Waals surface area (Å²) >= 11 is 0. The second-order valence-corrected chi connectivity index (χ2v) is 5.63. The van der Waals surface area contributed by atoms with Gasteiger partial charge in [-0.05, 0) is 26.3 Å². The molecule has 2 unspecified atom stereocenters. The van der Waals surface area contributed by atoms with Crippen LogP contribution in [-0.4, -0.2) is 61.2 Å². The highest BCUT2D eigenvalue weighted by molar-refractivity contribution is 5.01. The first-order valence-corrected chi connectivity index (χ1v) is 7.05. The molecule has 0 spiro atoms. The lowest BCUT2D eigenvalue weighted by atomic mass is 9.95. The third-order valence-corrected chi connectivity index (χ3v) is 4.01. The number of nitrogens with zero attached hydrogens (tertiary/aromatic N) is 2. The summed E-state index contributed by atoms with van der Waals surface area (Å²) in [4.78, 5) is 5.29. The molecule has 0 aromatic carbocycles. The summed E-state index contributed by atoms with van der Waals surface area (Å²) in [5.74, 6) is 0. The average Bonchev–Trinajstić information content (AvgIpc) is 2.35. The topological polar surface area (TPSA) is 18.5 Å². The van der Waals surface area contributed by atoms with Gasteiger partial charge >= 0.3 is 0 Å². The molecule has 3 nitrogen and oxygen atoms in total. The third kappa shape index (κ3) is 3.30. The zero-order valence-electron chi connectivity index (χ0n) is 11.4. The first-order chi connectivity index (χ1) is 8.20. The molecule has 98 valence electrons. The maximum Gasteiger partial charge on any atom is 0.0380 e. The Kier molecular flexibility index (Phi) is 4.60. The van der Waals surface area contributed by atoms with Crippen LogP contribution in [0.4, 0.5) is 0 Å². The summed E-state index contributed by atoms with van der Waals surface area (Å²) in [6.07, 6.45) is 2.33. The largest absolute Gasteiger partial charge is 0.312 e. The van der Waals surface area contributed by atoms with E-state index < -0.39 is 0 Å². The van der Waals surface area contributed by atoms with E-state index >= 15 is 0 Å². The van der Waals surface area contributed by atoms with Gasteiger partial charge in [0.25, 0.3) is 0 Å². The van der Waals surface area contributed by atoms with Crippen LogP contribution in [0.25, 0.3) is 0 Å². The van der Waals surface area contributed by atoms with Gasteiger partial charge in [-0.3, -0.25) is 9.80 Å². The van der Waals surface area contributed by atoms with Crippen LogP contribution in [0.3, 0.4) is 0 Å². The maximum atomic E-state index is 4.09. The van der Waals surface area contributed by atoms with E-state index in [-0.39, 0.29) is 0 Å². The first-order valence-electron chi connectivity index (χ1n) is 7.05. The van der Waals surface area contributed by atoms with Crippen LogP contribution < -0.4 is 5.32 Å². The molecule has 0 aromatic heterocycles. The average molecular weight is 237 g/mol. The normalized spacial score (nSPS) is 33.6. The van der Waals surface area contributed by atoms with Crippen LogP contribution in [0.1, 0.15) is 26.7 Å². The van der Waals surface area contributed by atoms with Crippen molar-refractivity contribution >= 4 is 0 Å². The minimum Gasteiger partial charge on any atom is -0.312 e. The van der Waals surface area contributed by atoms with Gasteiger partial charge in [-0.2, -0.15) is 0 Å². The SMILES string of the molecule is C=C(C)CC(NCCC)C1CN2CCN1CC2. The summed E-state index contributed by atoms with van der Waals surface area (Å²) in [6.45, 7) is 15.9. The molecule has 0 saturated carbocycles. The molecule has 2 bridgehead atoms. The number of hydrogen-bond acceptors (Lipinski definition) is 3. The van der Waals surface area contributed by atoms with Crippen molar-refractivity contribution in [1.29, 1.82) is 0 Å². The Bertz CT molecular complexity index is 256. The highest BCUT2D eigenvalue weighted by Crippen LogP contribution is 2.21. The molecule has 3 heteroatoms. The van der Waals surface area contributed by atoms with E-state index in [0.29, 0.717) is 12.1 Å². The van der Waals surface area contributed by atoms with Crippen molar-refractivity contribution < 1.29 is 0 Å². The second kappa shape index (κ2) is 5.98. The van der Waals surface area contributed by atoms with Crippen molar-refractivity contribution in [2.24, 2.45) is 0 Å². The molecule has 3 heterocycles. The number of hydrogen-bond donors (Lipinski definition) is 1. The lowest BCUT2D eigenvalue weighted by Crippen LogP contribution is -2.66. The second-order valence-electron chi connectivity index (χ2n) is 5.63. The molecule has 0 aliphatic carbocycles. The standard InChI is InChI=1S/C14H27N3/c1-4-5-15-13(10-12(2)3)14-11-16-6-8-17(14)9-7-16/h13-15H,2,4-11H2,1,3H3. The van der Waals surface area contributed by atoms with Crippen LogP contribution >= 0.6 is 0 Å². The lowest BCUT2D eigenvalue weighted by molar-refractivity contribution is -0.00306. The molecule has 17 heavy (non-hydrogen) atoms. The van der Waals surface area contributed by atoms with Gasteiger partial charge in [0, 0.05) is 44.8 Å². The number of fused-ring (bicyclic) bond motifs is 3. The van der Waals surface area contributed by atoms with Gasteiger partial charge in [-0.1, -0.05) is 12.5 Å². The van der Waals surface area contributed by atoms with Crippen molar-refractivity contribution in [1.82, 2.24) is 15.1 Å². The number of piperazine rings is 3. The fourth-order valence-corrected chi connectivity index (χ4v) is 3.09. The fraction of sp³-hybridized carbons (Fsp3) is 0.857. The van der Waals surface area contributed by atoms with Gasteiger partial charge < -0.3 is 5.32 Å². The highest BCUT2D eigenvalue weighted by atomic mass is 15.4. The van der Waals surface area contributed by atoms with Crippen LogP contribution in [-0.2, 0) is 0 Å². The molecular formula is C14H27N3. The van der Waals surface area contributed by atoms with E-state index in [9.17, 15) is 0 Å². The van der Waals surface area contributed by atoms with Gasteiger partial charge in [0.15, 0.2) is 0 Å². The molecule has 3 saturated heterocycles. The van der Waals surface area contributed by atoms with Gasteiger partial charge in [0.05, 0.1) is 0 Å². The molecule has 3 fully saturated rings. The summed E-state index contributed by atoms with van der Waals surface area (Å²) in [5, 5.41) is 3.73. The summed E-state index contributed by atoms with van der Waals surface area (Å²) in [5.41, 5.74) is 1.30. The van der Waals surface area contributed by atoms with E-state index in [1.165, 1.54) is 44.7 Å². The Morgan fingerprint density at radius 2 is 2.06 bits per heavy atom. The zero-order valence-corrected chi connectivity index (χ0v) is 11.4. The van der Waals surface area contributed by atoms with Crippen molar-refractivity contribution in [3.63, 3.8) is 0 Å². The first kappa shape index (κ1) is 13.1. The number of nitrogens with one attached hydrogen (secondary N) is 1. The van der Waals surface area contributed by atoms with E-state index in [2.05, 4.69) is 35.5 Å². The maximum absolute atomic E-state index is 4.09. The van der Waals surface area contributed by atoms with Gasteiger partial charge in [0.2, 0.25) is 0 Å². The molecule has 3 aliphatic rings. The Morgan fingerprint density at radius 3 is 2.53 bits per heavy atom. The Labute approximate surface area is 106 Å². The zero-order chi connectivity index (χ0) is 12.3. The van der Waals surface area contributed by atoms with Gasteiger partial charge in [0.1, 0.15) is 0 Å². The van der Waals surface area contributed by atoms with Crippen molar-refractivity contribution in [2.75, 3.05) is 39.3 Å². The smallest absolute Gasteiger partial charge is 0.0380 e. The Hall–Kier alpha value is -0.380. The van der Waals surface area contributed by atoms with Crippen molar-refractivity contribution in [3.8, 4) is 0 Å². The van der Waals surface area contributed by atoms with E-state index in [1.54, 1.807) is 0 Å². The molecule has 0 aromatic rings. The van der Waals surface area contributed by atoms with Crippen molar-refractivity contribution in [2.45, 2.75) is 38.8 Å². The lowest BCUT2D eigenvalue weighted by Gasteiger charge is -2.50. The van der Waals surface area contributed by atoms with Gasteiger partial charge in [-0.15, -0.1) is 6.58 Å². The van der Waals surface area contributed by atoms with Crippen LogP contribution in [0, 0.1) is 0 Å². The fourth-order valence-electron chi connectivity index (χ4n) is 3.09. The Balaban J connectivity index is 1.96. The highest BCUT2D eigenvalue weighted by Gasteiger charge is 2.36. The molecule has 1 N–H and O–H groups in total. The van der Waals surface area contributed by atoms with E-state index in [0.717, 1.165) is 13.0 Å². The van der Waals surface area contributed by atoms with Crippen LogP contribution in [0.2, 0.25) is 0 Å². The van der Waals surface area contributed by atoms with Crippen LogP contribution in [0.5, 0.6) is 0 Å². The molecular weight excluding hydrogens is 210 g/mol. The quantitative estimate of drug-likeness (QED) is 0.703. The van der Waals surface area contributed by atoms with Gasteiger partial charge in [-0.25, -0.2) is 0 Å². The van der Waals surface area contributed by atoms with Crippen LogP contribution in [0.15, 0.2) is 12.2 Å². The predicted octanol–water partition coefficient (Wildman–Crippen LogP) is 1.32. The summed E-state index contributed by atoms with van der Waals surface area (Å²) < 4.78 is 0. The van der Waals surface area contributed by atoms with Crippen molar-refractivity contribution in [3.05, 3.63) is 12.2 Å². The molecule has 0 amide bonds. The molecule has 0 radical (unpaired) electrons. The minimum absolute atomic E-state index is 0.593. The third-order valence-electron chi connectivity index (χ3n) is 4.01. The predicted molar refractivity (Wildman–Crippen MR) is 73.3 cm³/mol. The Morgan fingerprint density at radius 1 is 1.35 bits per heavy atom.